The fraction of sp³-hybridized carbons (Fsp3) is 0.588. The first-order valence-electron chi connectivity index (χ1n) is 7.69. The lowest BCUT2D eigenvalue weighted by Crippen LogP contribution is -2.46. The summed E-state index contributed by atoms with van der Waals surface area (Å²) in [5, 5.41) is 0. The molecule has 1 aliphatic rings. The van der Waals surface area contributed by atoms with Gasteiger partial charge in [0.2, 0.25) is 5.79 Å². The Morgan fingerprint density at radius 3 is 2.43 bits per heavy atom. The Kier molecular flexibility index (Phi) is 5.62. The van der Waals surface area contributed by atoms with Gasteiger partial charge in [-0.25, -0.2) is 4.79 Å². The minimum atomic E-state index is -0.714. The summed E-state index contributed by atoms with van der Waals surface area (Å²) in [6, 6.07) is 9.65. The predicted octanol–water partition coefficient (Wildman–Crippen LogP) is 3.69. The average molecular weight is 292 g/mol. The summed E-state index contributed by atoms with van der Waals surface area (Å²) < 4.78 is 17.0. The number of esters is 1. The largest absolute Gasteiger partial charge is 0.467 e. The van der Waals surface area contributed by atoms with Gasteiger partial charge in [-0.3, -0.25) is 0 Å². The van der Waals surface area contributed by atoms with Crippen LogP contribution in [0.15, 0.2) is 30.3 Å². The monoisotopic (exact) mass is 292 g/mol. The summed E-state index contributed by atoms with van der Waals surface area (Å²) in [4.78, 5) is 11.8. The van der Waals surface area contributed by atoms with Crippen LogP contribution >= 0.6 is 0 Å². The maximum atomic E-state index is 11.8. The van der Waals surface area contributed by atoms with E-state index in [0.29, 0.717) is 6.42 Å². The molecule has 1 unspecified atom stereocenters. The fourth-order valence-electron chi connectivity index (χ4n) is 2.73. The zero-order valence-electron chi connectivity index (χ0n) is 12.8. The van der Waals surface area contributed by atoms with Crippen molar-refractivity contribution in [3.63, 3.8) is 0 Å². The highest BCUT2D eigenvalue weighted by atomic mass is 16.7. The fourth-order valence-corrected chi connectivity index (χ4v) is 2.73. The van der Waals surface area contributed by atoms with E-state index < -0.39 is 11.9 Å². The zero-order valence-corrected chi connectivity index (χ0v) is 12.8. The number of methoxy groups -OCH3 is 1. The zero-order chi connectivity index (χ0) is 15.1. The van der Waals surface area contributed by atoms with Gasteiger partial charge in [0.1, 0.15) is 5.75 Å². The van der Waals surface area contributed by atoms with Gasteiger partial charge in [-0.1, -0.05) is 31.5 Å². The minimum absolute atomic E-state index is 0.334. The minimum Gasteiger partial charge on any atom is -0.467 e. The Balaban J connectivity index is 2.14. The van der Waals surface area contributed by atoms with Crippen molar-refractivity contribution in [1.29, 1.82) is 0 Å². The SMILES string of the molecule is CCC(OC1(Oc2ccccc2)CCCCC1)C(=O)OC. The smallest absolute Gasteiger partial charge is 0.335 e. The van der Waals surface area contributed by atoms with E-state index in [0.717, 1.165) is 31.4 Å². The summed E-state index contributed by atoms with van der Waals surface area (Å²) in [6.45, 7) is 1.92. The van der Waals surface area contributed by atoms with E-state index in [1.54, 1.807) is 0 Å². The third kappa shape index (κ3) is 4.21. The molecule has 0 N–H and O–H groups in total. The maximum Gasteiger partial charge on any atom is 0.335 e. The maximum absolute atomic E-state index is 11.8. The van der Waals surface area contributed by atoms with Crippen LogP contribution < -0.4 is 4.74 Å². The van der Waals surface area contributed by atoms with Crippen LogP contribution in [0.5, 0.6) is 5.75 Å². The van der Waals surface area contributed by atoms with Crippen molar-refractivity contribution >= 4 is 5.97 Å². The van der Waals surface area contributed by atoms with Crippen LogP contribution in [-0.4, -0.2) is 25.0 Å². The second kappa shape index (κ2) is 7.46. The molecule has 4 heteroatoms. The lowest BCUT2D eigenvalue weighted by atomic mass is 9.93. The number of carbonyl (C=O) groups excluding carboxylic acids is 1. The first-order valence-corrected chi connectivity index (χ1v) is 7.69. The van der Waals surface area contributed by atoms with Gasteiger partial charge >= 0.3 is 5.97 Å². The molecule has 0 radical (unpaired) electrons. The molecule has 2 rings (SSSR count). The second-order valence-corrected chi connectivity index (χ2v) is 5.42. The molecule has 1 atom stereocenters. The van der Waals surface area contributed by atoms with Crippen LogP contribution in [0.2, 0.25) is 0 Å². The van der Waals surface area contributed by atoms with E-state index >= 15 is 0 Å². The van der Waals surface area contributed by atoms with E-state index in [1.165, 1.54) is 13.5 Å². The summed E-state index contributed by atoms with van der Waals surface area (Å²) >= 11 is 0. The highest BCUT2D eigenvalue weighted by molar-refractivity contribution is 5.74. The quantitative estimate of drug-likeness (QED) is 0.592. The summed E-state index contributed by atoms with van der Waals surface area (Å²) in [6.07, 6.45) is 4.88. The number of carbonyl (C=O) groups is 1. The first-order chi connectivity index (χ1) is 10.2. The number of hydrogen-bond acceptors (Lipinski definition) is 4. The van der Waals surface area contributed by atoms with E-state index in [-0.39, 0.29) is 5.97 Å². The first kappa shape index (κ1) is 15.8. The van der Waals surface area contributed by atoms with Crippen molar-refractivity contribution in [3.05, 3.63) is 30.3 Å². The molecule has 0 heterocycles. The third-order valence-electron chi connectivity index (χ3n) is 3.85. The van der Waals surface area contributed by atoms with Crippen molar-refractivity contribution in [2.75, 3.05) is 7.11 Å². The molecule has 0 amide bonds. The van der Waals surface area contributed by atoms with Crippen LogP contribution in [0.1, 0.15) is 45.4 Å². The lowest BCUT2D eigenvalue weighted by Gasteiger charge is -2.39. The van der Waals surface area contributed by atoms with Gasteiger partial charge in [0.05, 0.1) is 7.11 Å². The number of ether oxygens (including phenoxy) is 3. The van der Waals surface area contributed by atoms with Gasteiger partial charge in [-0.2, -0.15) is 0 Å². The highest BCUT2D eigenvalue weighted by Crippen LogP contribution is 2.35. The van der Waals surface area contributed by atoms with Gasteiger partial charge in [-0.05, 0) is 31.4 Å². The molecule has 1 saturated carbocycles. The highest BCUT2D eigenvalue weighted by Gasteiger charge is 2.39. The Morgan fingerprint density at radius 2 is 1.86 bits per heavy atom. The average Bonchev–Trinajstić information content (AvgIpc) is 2.54. The molecule has 1 aromatic rings. The van der Waals surface area contributed by atoms with Crippen LogP contribution in [0.3, 0.4) is 0 Å². The van der Waals surface area contributed by atoms with E-state index in [4.69, 9.17) is 14.2 Å². The molecule has 0 aromatic heterocycles. The van der Waals surface area contributed by atoms with Crippen molar-refractivity contribution in [1.82, 2.24) is 0 Å². The number of para-hydroxylation sites is 1. The predicted molar refractivity (Wildman–Crippen MR) is 80.1 cm³/mol. The van der Waals surface area contributed by atoms with Crippen LogP contribution in [0, 0.1) is 0 Å². The number of benzene rings is 1. The van der Waals surface area contributed by atoms with Gasteiger partial charge in [0, 0.05) is 12.8 Å². The number of hydrogen-bond donors (Lipinski definition) is 0. The van der Waals surface area contributed by atoms with Crippen molar-refractivity contribution in [3.8, 4) is 5.75 Å². The molecule has 0 aliphatic heterocycles. The van der Waals surface area contributed by atoms with E-state index in [2.05, 4.69) is 0 Å². The molecule has 0 saturated heterocycles. The van der Waals surface area contributed by atoms with Crippen LogP contribution in [0.4, 0.5) is 0 Å². The van der Waals surface area contributed by atoms with Crippen molar-refractivity contribution in [2.24, 2.45) is 0 Å². The summed E-state index contributed by atoms with van der Waals surface area (Å²) in [5.74, 6) is -0.271. The van der Waals surface area contributed by atoms with Crippen molar-refractivity contribution < 1.29 is 19.0 Å². The molecule has 0 bridgehead atoms. The van der Waals surface area contributed by atoms with E-state index in [9.17, 15) is 4.79 Å². The van der Waals surface area contributed by atoms with Gasteiger partial charge < -0.3 is 14.2 Å². The van der Waals surface area contributed by atoms with E-state index in [1.807, 2.05) is 37.3 Å². The molecule has 4 nitrogen and oxygen atoms in total. The molecule has 1 aliphatic carbocycles. The Labute approximate surface area is 126 Å². The molecule has 1 fully saturated rings. The Morgan fingerprint density at radius 1 is 1.19 bits per heavy atom. The molecule has 1 aromatic carbocycles. The summed E-state index contributed by atoms with van der Waals surface area (Å²) in [5.41, 5.74) is 0. The standard InChI is InChI=1S/C17H24O4/c1-3-15(16(18)19-2)21-17(12-8-5-9-13-17)20-14-10-6-4-7-11-14/h4,6-7,10-11,15H,3,5,8-9,12-13H2,1-2H3. The Hall–Kier alpha value is -1.55. The van der Waals surface area contributed by atoms with Crippen molar-refractivity contribution in [2.45, 2.75) is 57.3 Å². The third-order valence-corrected chi connectivity index (χ3v) is 3.85. The lowest BCUT2D eigenvalue weighted by molar-refractivity contribution is -0.233. The van der Waals surface area contributed by atoms with Crippen LogP contribution in [-0.2, 0) is 14.3 Å². The molecule has 116 valence electrons. The van der Waals surface area contributed by atoms with Gasteiger partial charge in [0.15, 0.2) is 6.10 Å². The molecular weight excluding hydrogens is 268 g/mol. The molecular formula is C17H24O4. The summed E-state index contributed by atoms with van der Waals surface area (Å²) in [7, 11) is 1.39. The van der Waals surface area contributed by atoms with Gasteiger partial charge in [0.25, 0.3) is 0 Å². The Bertz CT molecular complexity index is 437. The van der Waals surface area contributed by atoms with Gasteiger partial charge in [-0.15, -0.1) is 0 Å². The second-order valence-electron chi connectivity index (χ2n) is 5.42. The topological polar surface area (TPSA) is 44.8 Å². The number of rotatable bonds is 6. The van der Waals surface area contributed by atoms with Crippen LogP contribution in [0.25, 0.3) is 0 Å². The normalized spacial score (nSPS) is 18.8. The molecule has 0 spiro atoms. The molecule has 21 heavy (non-hydrogen) atoms.